The summed E-state index contributed by atoms with van der Waals surface area (Å²) < 4.78 is 17.0. The average molecular weight is 514 g/mol. The molecule has 0 spiro atoms. The molecule has 5 rings (SSSR count). The highest BCUT2D eigenvalue weighted by molar-refractivity contribution is 5.94. The molecule has 1 aliphatic rings. The molecule has 1 aliphatic heterocycles. The summed E-state index contributed by atoms with van der Waals surface area (Å²) >= 11 is 0. The van der Waals surface area contributed by atoms with Crippen LogP contribution in [0.2, 0.25) is 0 Å². The maximum Gasteiger partial charge on any atom is 0.170 e. The summed E-state index contributed by atoms with van der Waals surface area (Å²) in [6, 6.07) is 23.7. The highest BCUT2D eigenvalue weighted by Crippen LogP contribution is 2.30. The van der Waals surface area contributed by atoms with Crippen LogP contribution in [-0.2, 0) is 20.7 Å². The summed E-state index contributed by atoms with van der Waals surface area (Å²) in [6.45, 7) is 3.82. The fourth-order valence-electron chi connectivity index (χ4n) is 5.12. The van der Waals surface area contributed by atoms with Crippen LogP contribution in [0.4, 0.5) is 0 Å². The number of fused-ring (bicyclic) bond motifs is 1. The van der Waals surface area contributed by atoms with Crippen molar-refractivity contribution >= 4 is 16.7 Å². The van der Waals surface area contributed by atoms with Crippen LogP contribution in [0.25, 0.3) is 22.2 Å². The Morgan fingerprint density at radius 1 is 1.03 bits per heavy atom. The van der Waals surface area contributed by atoms with Gasteiger partial charge in [-0.15, -0.1) is 0 Å². The second-order valence-corrected chi connectivity index (χ2v) is 9.80. The third-order valence-corrected chi connectivity index (χ3v) is 7.21. The lowest BCUT2D eigenvalue weighted by molar-refractivity contribution is -0.128. The van der Waals surface area contributed by atoms with Crippen molar-refractivity contribution in [2.24, 2.45) is 0 Å². The first kappa shape index (κ1) is 26.1. The number of carbonyl (C=O) groups is 1. The second-order valence-electron chi connectivity index (χ2n) is 9.80. The molecule has 4 aromatic rings. The molecular weight excluding hydrogens is 478 g/mol. The molecule has 0 saturated carbocycles. The number of Topliss-reactive ketones (excluding diaryl/α,β-unsaturated/α-hetero) is 1. The van der Waals surface area contributed by atoms with E-state index in [0.717, 1.165) is 78.1 Å². The third-order valence-electron chi connectivity index (χ3n) is 7.21. The van der Waals surface area contributed by atoms with Gasteiger partial charge in [-0.25, -0.2) is 0 Å². The molecule has 1 fully saturated rings. The van der Waals surface area contributed by atoms with E-state index in [1.165, 1.54) is 0 Å². The highest BCUT2D eigenvalue weighted by atomic mass is 16.5. The fraction of sp³-hybridized carbons (Fsp3) is 0.355. The summed E-state index contributed by atoms with van der Waals surface area (Å²) in [4.78, 5) is 15.5. The van der Waals surface area contributed by atoms with E-state index < -0.39 is 6.10 Å². The van der Waals surface area contributed by atoms with Crippen molar-refractivity contribution in [1.82, 2.24) is 15.1 Å². The lowest BCUT2D eigenvalue weighted by Gasteiger charge is -2.31. The first-order chi connectivity index (χ1) is 18.6. The largest absolute Gasteiger partial charge is 0.490 e. The van der Waals surface area contributed by atoms with Gasteiger partial charge in [-0.2, -0.15) is 5.10 Å². The van der Waals surface area contributed by atoms with E-state index in [1.54, 1.807) is 14.2 Å². The van der Waals surface area contributed by atoms with Crippen molar-refractivity contribution in [2.75, 3.05) is 40.5 Å². The summed E-state index contributed by atoms with van der Waals surface area (Å²) in [5.74, 6) is 0.899. The van der Waals surface area contributed by atoms with Gasteiger partial charge >= 0.3 is 0 Å². The Morgan fingerprint density at radius 2 is 1.79 bits per heavy atom. The van der Waals surface area contributed by atoms with E-state index in [2.05, 4.69) is 15.1 Å². The molecule has 7 heteroatoms. The van der Waals surface area contributed by atoms with Gasteiger partial charge in [0.2, 0.25) is 0 Å². The number of nitrogens with zero attached hydrogens (tertiary/aromatic N) is 2. The minimum atomic E-state index is -0.583. The van der Waals surface area contributed by atoms with Gasteiger partial charge in [0.05, 0.1) is 17.8 Å². The number of hydrogen-bond acceptors (Lipinski definition) is 6. The van der Waals surface area contributed by atoms with Crippen LogP contribution in [0.3, 0.4) is 0 Å². The monoisotopic (exact) mass is 513 g/mol. The van der Waals surface area contributed by atoms with Crippen molar-refractivity contribution in [2.45, 2.75) is 31.5 Å². The molecule has 1 aromatic heterocycles. The molecule has 0 bridgehead atoms. The number of H-pyrrole nitrogens is 1. The predicted octanol–water partition coefficient (Wildman–Crippen LogP) is 5.22. The minimum absolute atomic E-state index is 0.0223. The number of ether oxygens (including phenoxy) is 3. The zero-order chi connectivity index (χ0) is 26.3. The first-order valence-electron chi connectivity index (χ1n) is 13.2. The molecule has 1 saturated heterocycles. The van der Waals surface area contributed by atoms with Crippen molar-refractivity contribution in [3.05, 3.63) is 83.9 Å². The number of aromatic amines is 1. The molecule has 2 heterocycles. The molecule has 0 radical (unpaired) electrons. The van der Waals surface area contributed by atoms with Crippen molar-refractivity contribution in [3.63, 3.8) is 0 Å². The van der Waals surface area contributed by atoms with Gasteiger partial charge in [0.25, 0.3) is 0 Å². The lowest BCUT2D eigenvalue weighted by atomic mass is 9.98. The van der Waals surface area contributed by atoms with Gasteiger partial charge in [-0.1, -0.05) is 36.4 Å². The molecule has 1 atom stereocenters. The normalized spacial score (nSPS) is 15.5. The van der Waals surface area contributed by atoms with Gasteiger partial charge in [-0.3, -0.25) is 9.89 Å². The molecule has 0 amide bonds. The number of benzene rings is 3. The number of methoxy groups -OCH3 is 2. The van der Waals surface area contributed by atoms with Crippen LogP contribution < -0.4 is 4.74 Å². The highest BCUT2D eigenvalue weighted by Gasteiger charge is 2.22. The molecule has 0 unspecified atom stereocenters. The number of rotatable bonds is 11. The summed E-state index contributed by atoms with van der Waals surface area (Å²) in [5.41, 5.74) is 4.59. The fourth-order valence-corrected chi connectivity index (χ4v) is 5.12. The number of carbonyl (C=O) groups excluding carboxylic acids is 1. The molecule has 1 N–H and O–H groups in total. The standard InChI is InChI=1S/C31H35N3O4/c1-36-19-18-34-16-14-26(15-17-34)38-25-11-9-23(10-12-25)30-27-20-22(8-13-28(27)32-33-30)21-29(35)31(37-2)24-6-4-3-5-7-24/h3-13,20,26,31H,14-19,21H2,1-2H3,(H,32,33)/t31-/m1/s1. The van der Waals surface area contributed by atoms with E-state index in [0.29, 0.717) is 0 Å². The quantitative estimate of drug-likeness (QED) is 0.296. The Labute approximate surface area is 223 Å². The maximum absolute atomic E-state index is 13.1. The van der Waals surface area contributed by atoms with Crippen LogP contribution in [-0.4, -0.2) is 67.4 Å². The maximum atomic E-state index is 13.1. The second kappa shape index (κ2) is 12.3. The zero-order valence-corrected chi connectivity index (χ0v) is 22.1. The van der Waals surface area contributed by atoms with Crippen LogP contribution in [0.15, 0.2) is 72.8 Å². The molecule has 198 valence electrons. The summed E-state index contributed by atoms with van der Waals surface area (Å²) in [6.07, 6.45) is 1.97. The number of nitrogens with one attached hydrogen (secondary N) is 1. The van der Waals surface area contributed by atoms with E-state index in [4.69, 9.17) is 14.2 Å². The van der Waals surface area contributed by atoms with Gasteiger partial charge in [0, 0.05) is 51.2 Å². The molecule has 7 nitrogen and oxygen atoms in total. The van der Waals surface area contributed by atoms with Crippen LogP contribution in [0.5, 0.6) is 5.75 Å². The van der Waals surface area contributed by atoms with Gasteiger partial charge < -0.3 is 19.1 Å². The first-order valence-corrected chi connectivity index (χ1v) is 13.2. The zero-order valence-electron chi connectivity index (χ0n) is 22.1. The number of likely N-dealkylation sites (tertiary alicyclic amines) is 1. The van der Waals surface area contributed by atoms with Crippen LogP contribution in [0.1, 0.15) is 30.1 Å². The van der Waals surface area contributed by atoms with Crippen LogP contribution in [0, 0.1) is 0 Å². The molecule has 38 heavy (non-hydrogen) atoms. The average Bonchev–Trinajstić information content (AvgIpc) is 3.37. The van der Waals surface area contributed by atoms with Crippen molar-refractivity contribution < 1.29 is 19.0 Å². The number of aromatic nitrogens is 2. The smallest absolute Gasteiger partial charge is 0.170 e. The summed E-state index contributed by atoms with van der Waals surface area (Å²) in [7, 11) is 3.32. The van der Waals surface area contributed by atoms with Crippen molar-refractivity contribution in [3.8, 4) is 17.0 Å². The Hall–Kier alpha value is -3.52. The van der Waals surface area contributed by atoms with E-state index >= 15 is 0 Å². The summed E-state index contributed by atoms with van der Waals surface area (Å²) in [5, 5.41) is 8.68. The van der Waals surface area contributed by atoms with E-state index in [9.17, 15) is 4.79 Å². The molecule has 0 aliphatic carbocycles. The number of hydrogen-bond donors (Lipinski definition) is 1. The lowest BCUT2D eigenvalue weighted by Crippen LogP contribution is -2.39. The Balaban J connectivity index is 1.25. The minimum Gasteiger partial charge on any atom is -0.490 e. The van der Waals surface area contributed by atoms with Gasteiger partial charge in [0.1, 0.15) is 18.0 Å². The third kappa shape index (κ3) is 6.13. The SMILES string of the molecule is COCCN1CCC(Oc2ccc(-c3n[nH]c4ccc(CC(=O)[C@H](OC)c5ccccc5)cc34)cc2)CC1. The Kier molecular flexibility index (Phi) is 8.48. The molecular formula is C31H35N3O4. The van der Waals surface area contributed by atoms with E-state index in [-0.39, 0.29) is 18.3 Å². The van der Waals surface area contributed by atoms with Gasteiger partial charge in [-0.05, 0) is 60.4 Å². The Bertz CT molecular complexity index is 1330. The number of piperidine rings is 1. The van der Waals surface area contributed by atoms with Crippen molar-refractivity contribution in [1.29, 1.82) is 0 Å². The molecule has 3 aromatic carbocycles. The predicted molar refractivity (Wildman–Crippen MR) is 148 cm³/mol. The topological polar surface area (TPSA) is 76.7 Å². The van der Waals surface area contributed by atoms with Crippen LogP contribution >= 0.6 is 0 Å². The number of ketones is 1. The Morgan fingerprint density at radius 3 is 2.50 bits per heavy atom. The van der Waals surface area contributed by atoms with E-state index in [1.807, 2.05) is 72.8 Å². The van der Waals surface area contributed by atoms with Gasteiger partial charge in [0.15, 0.2) is 5.78 Å².